The quantitative estimate of drug-likeness (QED) is 0.320. The van der Waals surface area contributed by atoms with Crippen LogP contribution in [0.25, 0.3) is 11.1 Å². The van der Waals surface area contributed by atoms with Crippen molar-refractivity contribution in [2.75, 3.05) is 11.9 Å². The highest BCUT2D eigenvalue weighted by molar-refractivity contribution is 7.15. The molecule has 0 atom stereocenters. The molecule has 0 aliphatic carbocycles. The summed E-state index contributed by atoms with van der Waals surface area (Å²) in [5, 5.41) is 15.7. The number of carbonyl (C=O) groups excluding carboxylic acids is 2. The van der Waals surface area contributed by atoms with Gasteiger partial charge in [-0.15, -0.1) is 11.3 Å². The van der Waals surface area contributed by atoms with Crippen LogP contribution in [-0.4, -0.2) is 23.4 Å². The summed E-state index contributed by atoms with van der Waals surface area (Å²) in [5.41, 5.74) is 1.31. The smallest absolute Gasteiger partial charge is 0.341 e. The average Bonchev–Trinajstić information content (AvgIpc) is 3.12. The summed E-state index contributed by atoms with van der Waals surface area (Å²) in [6, 6.07) is 12.8. The molecule has 0 bridgehead atoms. The summed E-state index contributed by atoms with van der Waals surface area (Å²) in [7, 11) is 0. The molecule has 148 valence electrons. The summed E-state index contributed by atoms with van der Waals surface area (Å²) in [6.45, 7) is 1.86. The molecule has 2 aromatic carbocycles. The minimum atomic E-state index is -0.661. The van der Waals surface area contributed by atoms with E-state index in [1.807, 2.05) is 30.3 Å². The van der Waals surface area contributed by atoms with E-state index in [1.165, 1.54) is 12.1 Å². The molecule has 0 unspecified atom stereocenters. The van der Waals surface area contributed by atoms with Crippen molar-refractivity contribution in [2.24, 2.45) is 0 Å². The Balaban J connectivity index is 2.00. The zero-order valence-corrected chi connectivity index (χ0v) is 16.8. The number of hydrogen-bond acceptors (Lipinski definition) is 6. The van der Waals surface area contributed by atoms with Gasteiger partial charge in [0.2, 0.25) is 0 Å². The number of benzene rings is 2. The average molecular weight is 431 g/mol. The van der Waals surface area contributed by atoms with Gasteiger partial charge in [-0.3, -0.25) is 14.9 Å². The van der Waals surface area contributed by atoms with E-state index in [0.717, 1.165) is 23.0 Å². The van der Waals surface area contributed by atoms with Crippen molar-refractivity contribution >= 4 is 45.5 Å². The Kier molecular flexibility index (Phi) is 6.26. The molecule has 1 N–H and O–H groups in total. The second-order valence-electron chi connectivity index (χ2n) is 5.82. The van der Waals surface area contributed by atoms with Crippen molar-refractivity contribution in [2.45, 2.75) is 6.92 Å². The van der Waals surface area contributed by atoms with Gasteiger partial charge in [0.15, 0.2) is 0 Å². The van der Waals surface area contributed by atoms with Gasteiger partial charge in [0.1, 0.15) is 10.6 Å². The highest BCUT2D eigenvalue weighted by Crippen LogP contribution is 2.36. The summed E-state index contributed by atoms with van der Waals surface area (Å²) in [6.07, 6.45) is 0. The lowest BCUT2D eigenvalue weighted by Gasteiger charge is -2.09. The van der Waals surface area contributed by atoms with Crippen molar-refractivity contribution in [3.05, 3.63) is 80.2 Å². The normalized spacial score (nSPS) is 10.4. The minimum absolute atomic E-state index is 0.0608. The predicted molar refractivity (Wildman–Crippen MR) is 112 cm³/mol. The van der Waals surface area contributed by atoms with Crippen LogP contribution >= 0.6 is 22.9 Å². The molecule has 1 heterocycles. The van der Waals surface area contributed by atoms with E-state index in [4.69, 9.17) is 16.3 Å². The number of rotatable bonds is 6. The lowest BCUT2D eigenvalue weighted by Crippen LogP contribution is -2.15. The Labute approximate surface area is 175 Å². The lowest BCUT2D eigenvalue weighted by atomic mass is 10.0. The van der Waals surface area contributed by atoms with Crippen LogP contribution in [0.2, 0.25) is 5.02 Å². The minimum Gasteiger partial charge on any atom is -0.462 e. The zero-order chi connectivity index (χ0) is 21.0. The Morgan fingerprint density at radius 2 is 1.93 bits per heavy atom. The number of nitrogens with one attached hydrogen (secondary N) is 1. The second kappa shape index (κ2) is 8.85. The molecule has 0 saturated carbocycles. The first-order valence-electron chi connectivity index (χ1n) is 8.51. The number of amides is 1. The number of non-ortho nitro benzene ring substituents is 1. The van der Waals surface area contributed by atoms with Gasteiger partial charge in [0, 0.05) is 23.1 Å². The van der Waals surface area contributed by atoms with Crippen molar-refractivity contribution < 1.29 is 19.2 Å². The van der Waals surface area contributed by atoms with Crippen LogP contribution in [0, 0.1) is 10.1 Å². The molecule has 0 radical (unpaired) electrons. The van der Waals surface area contributed by atoms with Gasteiger partial charge in [-0.05, 0) is 18.6 Å². The number of anilines is 1. The highest BCUT2D eigenvalue weighted by Gasteiger charge is 2.24. The molecule has 3 aromatic rings. The number of halogens is 1. The van der Waals surface area contributed by atoms with Crippen molar-refractivity contribution in [3.8, 4) is 11.1 Å². The standard InChI is InChI=1S/C20H15ClN2O5S/c1-2-28-20(25)17-15(12-6-4-3-5-7-12)11-29-19(17)22-18(24)14-10-13(23(26)27)8-9-16(14)21/h3-11H,2H2,1H3,(H,22,24). The first kappa shape index (κ1) is 20.5. The number of ether oxygens (including phenoxy) is 1. The lowest BCUT2D eigenvalue weighted by molar-refractivity contribution is -0.384. The molecule has 29 heavy (non-hydrogen) atoms. The summed E-state index contributed by atoms with van der Waals surface area (Å²) in [5.74, 6) is -1.24. The van der Waals surface area contributed by atoms with E-state index < -0.39 is 16.8 Å². The Bertz CT molecular complexity index is 1080. The number of nitro groups is 1. The summed E-state index contributed by atoms with van der Waals surface area (Å²) >= 11 is 7.20. The van der Waals surface area contributed by atoms with Crippen molar-refractivity contribution in [1.82, 2.24) is 0 Å². The van der Waals surface area contributed by atoms with Crippen LogP contribution in [0.15, 0.2) is 53.9 Å². The van der Waals surface area contributed by atoms with E-state index in [1.54, 1.807) is 12.3 Å². The van der Waals surface area contributed by atoms with Crippen LogP contribution in [0.1, 0.15) is 27.6 Å². The van der Waals surface area contributed by atoms with Crippen LogP contribution in [0.3, 0.4) is 0 Å². The van der Waals surface area contributed by atoms with Crippen molar-refractivity contribution in [1.29, 1.82) is 0 Å². The molecule has 9 heteroatoms. The van der Waals surface area contributed by atoms with Crippen LogP contribution in [0.5, 0.6) is 0 Å². The number of thiophene rings is 1. The Morgan fingerprint density at radius 1 is 1.21 bits per heavy atom. The molecular weight excluding hydrogens is 416 g/mol. The molecule has 7 nitrogen and oxygen atoms in total. The van der Waals surface area contributed by atoms with E-state index in [9.17, 15) is 19.7 Å². The second-order valence-corrected chi connectivity index (χ2v) is 7.10. The first-order valence-corrected chi connectivity index (χ1v) is 9.77. The molecule has 0 aliphatic heterocycles. The van der Waals surface area contributed by atoms with Gasteiger partial charge in [0.25, 0.3) is 11.6 Å². The van der Waals surface area contributed by atoms with Gasteiger partial charge < -0.3 is 10.1 Å². The molecule has 0 spiro atoms. The van der Waals surface area contributed by atoms with Crippen LogP contribution in [-0.2, 0) is 4.74 Å². The maximum atomic E-state index is 12.7. The third-order valence-electron chi connectivity index (χ3n) is 3.99. The number of esters is 1. The van der Waals surface area contributed by atoms with Gasteiger partial charge >= 0.3 is 5.97 Å². The topological polar surface area (TPSA) is 98.5 Å². The summed E-state index contributed by atoms with van der Waals surface area (Å²) in [4.78, 5) is 35.7. The first-order chi connectivity index (χ1) is 13.9. The fourth-order valence-corrected chi connectivity index (χ4v) is 3.81. The highest BCUT2D eigenvalue weighted by atomic mass is 35.5. The molecule has 1 amide bonds. The van der Waals surface area contributed by atoms with Gasteiger partial charge in [-0.25, -0.2) is 4.79 Å². The van der Waals surface area contributed by atoms with Gasteiger partial charge in [-0.2, -0.15) is 0 Å². The van der Waals surface area contributed by atoms with Crippen LogP contribution < -0.4 is 5.32 Å². The Morgan fingerprint density at radius 3 is 2.59 bits per heavy atom. The number of carbonyl (C=O) groups is 2. The third kappa shape index (κ3) is 4.44. The molecule has 3 rings (SSSR count). The van der Waals surface area contributed by atoms with E-state index >= 15 is 0 Å². The maximum Gasteiger partial charge on any atom is 0.341 e. The number of nitrogens with zero attached hydrogens (tertiary/aromatic N) is 1. The molecule has 0 aliphatic rings. The van der Waals surface area contributed by atoms with E-state index in [0.29, 0.717) is 5.56 Å². The monoisotopic (exact) mass is 430 g/mol. The molecule has 1 aromatic heterocycles. The van der Waals surface area contributed by atoms with Gasteiger partial charge in [-0.1, -0.05) is 41.9 Å². The van der Waals surface area contributed by atoms with Crippen LogP contribution in [0.4, 0.5) is 10.7 Å². The SMILES string of the molecule is CCOC(=O)c1c(-c2ccccc2)csc1NC(=O)c1cc([N+](=O)[O-])ccc1Cl. The molecular formula is C20H15ClN2O5S. The largest absolute Gasteiger partial charge is 0.462 e. The number of nitro benzene ring substituents is 1. The number of hydrogen-bond donors (Lipinski definition) is 1. The van der Waals surface area contributed by atoms with E-state index in [-0.39, 0.29) is 33.4 Å². The fourth-order valence-electron chi connectivity index (χ4n) is 2.66. The molecule has 0 saturated heterocycles. The Hall–Kier alpha value is -3.23. The van der Waals surface area contributed by atoms with Gasteiger partial charge in [0.05, 0.1) is 22.1 Å². The molecule has 0 fully saturated rings. The fraction of sp³-hybridized carbons (Fsp3) is 0.100. The van der Waals surface area contributed by atoms with E-state index in [2.05, 4.69) is 5.32 Å². The zero-order valence-electron chi connectivity index (χ0n) is 15.2. The predicted octanol–water partition coefficient (Wildman–Crippen LogP) is 5.41. The maximum absolute atomic E-state index is 12.7. The van der Waals surface area contributed by atoms with Crippen molar-refractivity contribution in [3.63, 3.8) is 0 Å². The third-order valence-corrected chi connectivity index (χ3v) is 5.21. The summed E-state index contributed by atoms with van der Waals surface area (Å²) < 4.78 is 5.15.